The molecule has 3 rings (SSSR count). The van der Waals surface area contributed by atoms with E-state index in [0.29, 0.717) is 6.21 Å². The van der Waals surface area contributed by atoms with Crippen LogP contribution in [-0.4, -0.2) is 22.9 Å². The maximum Gasteiger partial charge on any atom is 0.432 e. The number of allylic oxidation sites excluding steroid dienone is 6. The van der Waals surface area contributed by atoms with Crippen molar-refractivity contribution < 1.29 is 22.1 Å². The quantitative estimate of drug-likeness (QED) is 0.332. The Bertz CT molecular complexity index is 1000. The Kier molecular flexibility index (Phi) is 6.14. The standard InChI is InChI=1S/C19H13Cl2F4N3O/c20-10-3-1-4-11(7-10)27-18(19(23,24)25)12(9-26)16-8-15(28-29-16)17-13(21)5-2-6-14(17)22/h1-6,8-10,26-27H,7H2/b18-12+,26-9?. The van der Waals surface area contributed by atoms with Gasteiger partial charge in [0.15, 0.2) is 5.76 Å². The highest BCUT2D eigenvalue weighted by atomic mass is 35.5. The second-order valence-electron chi connectivity index (χ2n) is 6.03. The van der Waals surface area contributed by atoms with Crippen molar-refractivity contribution in [2.45, 2.75) is 18.0 Å². The third-order valence-electron chi connectivity index (χ3n) is 4.01. The van der Waals surface area contributed by atoms with Gasteiger partial charge < -0.3 is 15.2 Å². The molecule has 29 heavy (non-hydrogen) atoms. The molecule has 0 saturated heterocycles. The lowest BCUT2D eigenvalue weighted by Gasteiger charge is -2.20. The van der Waals surface area contributed by atoms with Crippen LogP contribution in [0.3, 0.4) is 0 Å². The molecule has 2 aromatic rings. The number of nitrogens with zero attached hydrogens (tertiary/aromatic N) is 1. The summed E-state index contributed by atoms with van der Waals surface area (Å²) in [6, 6.07) is 5.03. The Hall–Kier alpha value is -2.58. The third kappa shape index (κ3) is 4.71. The van der Waals surface area contributed by atoms with Gasteiger partial charge in [0.2, 0.25) is 0 Å². The van der Waals surface area contributed by atoms with Gasteiger partial charge in [0.1, 0.15) is 17.2 Å². The summed E-state index contributed by atoms with van der Waals surface area (Å²) in [6.07, 6.45) is 0.433. The van der Waals surface area contributed by atoms with E-state index in [0.717, 1.165) is 12.1 Å². The maximum atomic E-state index is 14.1. The number of benzene rings is 1. The highest BCUT2D eigenvalue weighted by Gasteiger charge is 2.38. The van der Waals surface area contributed by atoms with E-state index in [1.165, 1.54) is 24.3 Å². The van der Waals surface area contributed by atoms with Gasteiger partial charge >= 0.3 is 6.18 Å². The van der Waals surface area contributed by atoms with E-state index in [-0.39, 0.29) is 34.2 Å². The second-order valence-corrected chi connectivity index (χ2v) is 6.99. The molecular weight excluding hydrogens is 433 g/mol. The van der Waals surface area contributed by atoms with Gasteiger partial charge in [-0.1, -0.05) is 35.0 Å². The first kappa shape index (κ1) is 21.1. The number of alkyl halides is 4. The molecule has 0 saturated carbocycles. The summed E-state index contributed by atoms with van der Waals surface area (Å²) < 4.78 is 60.2. The maximum absolute atomic E-state index is 14.1. The van der Waals surface area contributed by atoms with Crippen LogP contribution in [0.2, 0.25) is 5.02 Å². The molecule has 1 aromatic carbocycles. The van der Waals surface area contributed by atoms with Crippen molar-refractivity contribution in [2.75, 3.05) is 0 Å². The average molecular weight is 446 g/mol. The molecule has 0 bridgehead atoms. The minimum absolute atomic E-state index is 0.0201. The zero-order valence-electron chi connectivity index (χ0n) is 14.5. The number of rotatable bonds is 5. The first-order valence-corrected chi connectivity index (χ1v) is 9.04. The van der Waals surface area contributed by atoms with Crippen LogP contribution < -0.4 is 5.32 Å². The molecule has 1 aliphatic rings. The summed E-state index contributed by atoms with van der Waals surface area (Å²) >= 11 is 11.9. The summed E-state index contributed by atoms with van der Waals surface area (Å²) in [4.78, 5) is 0. The van der Waals surface area contributed by atoms with Crippen LogP contribution in [-0.2, 0) is 0 Å². The molecule has 1 aliphatic carbocycles. The molecule has 1 aromatic heterocycles. The van der Waals surface area contributed by atoms with Gasteiger partial charge in [0.25, 0.3) is 0 Å². The third-order valence-corrected chi connectivity index (χ3v) is 4.62. The van der Waals surface area contributed by atoms with Crippen LogP contribution in [0.4, 0.5) is 17.6 Å². The highest BCUT2D eigenvalue weighted by Crippen LogP contribution is 2.35. The number of hydrogen-bond acceptors (Lipinski definition) is 4. The van der Waals surface area contributed by atoms with Crippen molar-refractivity contribution in [3.8, 4) is 11.3 Å². The molecule has 2 N–H and O–H groups in total. The van der Waals surface area contributed by atoms with Crippen molar-refractivity contribution in [1.29, 1.82) is 5.41 Å². The van der Waals surface area contributed by atoms with Crippen molar-refractivity contribution >= 4 is 35.0 Å². The second kappa shape index (κ2) is 8.42. The van der Waals surface area contributed by atoms with Crippen LogP contribution in [0.1, 0.15) is 12.2 Å². The van der Waals surface area contributed by atoms with E-state index < -0.39 is 28.6 Å². The van der Waals surface area contributed by atoms with Gasteiger partial charge in [-0.05, 0) is 18.2 Å². The Balaban J connectivity index is 2.06. The van der Waals surface area contributed by atoms with E-state index in [1.807, 2.05) is 0 Å². The van der Waals surface area contributed by atoms with Gasteiger partial charge in [-0.15, -0.1) is 11.6 Å². The lowest BCUT2D eigenvalue weighted by atomic mass is 10.1. The van der Waals surface area contributed by atoms with E-state index in [4.69, 9.17) is 33.1 Å². The fourth-order valence-electron chi connectivity index (χ4n) is 2.71. The number of aromatic nitrogens is 1. The SMILES string of the molecule is N=C/C(=C(\NC1=CC=CC(Cl)C1)C(F)(F)F)c1cc(-c2c(F)cccc2Cl)no1. The zero-order valence-corrected chi connectivity index (χ0v) is 16.0. The molecule has 0 fully saturated rings. The molecule has 152 valence electrons. The molecule has 4 nitrogen and oxygen atoms in total. The average Bonchev–Trinajstić information content (AvgIpc) is 3.10. The van der Waals surface area contributed by atoms with Gasteiger partial charge in [-0.3, -0.25) is 0 Å². The lowest BCUT2D eigenvalue weighted by molar-refractivity contribution is -0.0951. The summed E-state index contributed by atoms with van der Waals surface area (Å²) in [5, 5.41) is 13.0. The van der Waals surface area contributed by atoms with Crippen LogP contribution in [0.5, 0.6) is 0 Å². The lowest BCUT2D eigenvalue weighted by Crippen LogP contribution is -2.29. The number of nitrogens with one attached hydrogen (secondary N) is 2. The summed E-state index contributed by atoms with van der Waals surface area (Å²) in [5.41, 5.74) is -1.81. The number of halogens is 6. The minimum Gasteiger partial charge on any atom is -0.356 e. The normalized spacial score (nSPS) is 17.6. The summed E-state index contributed by atoms with van der Waals surface area (Å²) in [6.45, 7) is 0. The van der Waals surface area contributed by atoms with E-state index in [9.17, 15) is 17.6 Å². The zero-order chi connectivity index (χ0) is 21.2. The van der Waals surface area contributed by atoms with Crippen LogP contribution in [0.15, 0.2) is 58.4 Å². The van der Waals surface area contributed by atoms with E-state index in [1.54, 1.807) is 6.08 Å². The summed E-state index contributed by atoms with van der Waals surface area (Å²) in [7, 11) is 0. The van der Waals surface area contributed by atoms with Crippen molar-refractivity contribution in [1.82, 2.24) is 10.5 Å². The highest BCUT2D eigenvalue weighted by molar-refractivity contribution is 6.33. The minimum atomic E-state index is -4.83. The molecule has 10 heteroatoms. The Morgan fingerprint density at radius 1 is 1.34 bits per heavy atom. The predicted octanol–water partition coefficient (Wildman–Crippen LogP) is 6.10. The molecule has 1 unspecified atom stereocenters. The fourth-order valence-corrected chi connectivity index (χ4v) is 3.22. The topological polar surface area (TPSA) is 61.9 Å². The van der Waals surface area contributed by atoms with Gasteiger partial charge in [-0.25, -0.2) is 4.39 Å². The van der Waals surface area contributed by atoms with Gasteiger partial charge in [-0.2, -0.15) is 13.2 Å². The van der Waals surface area contributed by atoms with Crippen LogP contribution in [0.25, 0.3) is 16.8 Å². The molecule has 0 radical (unpaired) electrons. The van der Waals surface area contributed by atoms with Crippen molar-refractivity contribution in [2.24, 2.45) is 0 Å². The predicted molar refractivity (Wildman–Crippen MR) is 103 cm³/mol. The Morgan fingerprint density at radius 2 is 2.10 bits per heavy atom. The fraction of sp³-hybridized carbons (Fsp3) is 0.158. The Labute approximate surface area is 173 Å². The first-order valence-electron chi connectivity index (χ1n) is 8.22. The van der Waals surface area contributed by atoms with E-state index in [2.05, 4.69) is 10.5 Å². The van der Waals surface area contributed by atoms with Crippen LogP contribution >= 0.6 is 23.2 Å². The molecule has 0 amide bonds. The van der Waals surface area contributed by atoms with Gasteiger partial charge in [0.05, 0.1) is 21.5 Å². The smallest absolute Gasteiger partial charge is 0.356 e. The summed E-state index contributed by atoms with van der Waals surface area (Å²) in [5.74, 6) is -1.08. The molecule has 0 aliphatic heterocycles. The monoisotopic (exact) mass is 445 g/mol. The Morgan fingerprint density at radius 3 is 2.72 bits per heavy atom. The molecule has 0 spiro atoms. The number of hydrogen-bond donors (Lipinski definition) is 2. The largest absolute Gasteiger partial charge is 0.432 e. The van der Waals surface area contributed by atoms with Crippen LogP contribution in [0, 0.1) is 11.2 Å². The van der Waals surface area contributed by atoms with Crippen molar-refractivity contribution in [3.63, 3.8) is 0 Å². The van der Waals surface area contributed by atoms with E-state index >= 15 is 0 Å². The molecule has 1 atom stereocenters. The molecule has 1 heterocycles. The first-order chi connectivity index (χ1) is 13.7. The molecular formula is C19H13Cl2F4N3O. The van der Waals surface area contributed by atoms with Crippen molar-refractivity contribution in [3.05, 3.63) is 70.5 Å². The van der Waals surface area contributed by atoms with Gasteiger partial charge in [0, 0.05) is 24.4 Å².